The van der Waals surface area contributed by atoms with E-state index in [1.54, 1.807) is 43.8 Å². The van der Waals surface area contributed by atoms with E-state index < -0.39 is 22.6 Å². The second-order valence-corrected chi connectivity index (χ2v) is 8.76. The van der Waals surface area contributed by atoms with Crippen molar-refractivity contribution in [3.63, 3.8) is 0 Å². The van der Waals surface area contributed by atoms with Crippen LogP contribution in [0.5, 0.6) is 5.75 Å². The van der Waals surface area contributed by atoms with Gasteiger partial charge in [-0.25, -0.2) is 23.0 Å². The highest BCUT2D eigenvalue weighted by atomic mass is 32.2. The van der Waals surface area contributed by atoms with E-state index in [0.29, 0.717) is 33.3 Å². The molecule has 1 unspecified atom stereocenters. The fourth-order valence-corrected chi connectivity index (χ4v) is 4.59. The van der Waals surface area contributed by atoms with Crippen LogP contribution in [0.25, 0.3) is 33.2 Å². The molecule has 0 spiro atoms. The number of hydrogen-bond acceptors (Lipinski definition) is 5. The average molecular weight is 489 g/mol. The number of halogens is 2. The second kappa shape index (κ2) is 9.55. The lowest BCUT2D eigenvalue weighted by molar-refractivity contribution is 0.416. The predicted molar refractivity (Wildman–Crippen MR) is 131 cm³/mol. The third-order valence-corrected chi connectivity index (χ3v) is 6.52. The summed E-state index contributed by atoms with van der Waals surface area (Å²) < 4.78 is 48.3. The summed E-state index contributed by atoms with van der Waals surface area (Å²) in [5.41, 5.74) is 2.62. The average Bonchev–Trinajstić information content (AvgIpc) is 2.89. The van der Waals surface area contributed by atoms with Crippen LogP contribution in [0.4, 0.5) is 14.6 Å². The van der Waals surface area contributed by atoms with E-state index in [9.17, 15) is 13.0 Å². The Bertz CT molecular complexity index is 1560. The minimum atomic E-state index is -1.52. The summed E-state index contributed by atoms with van der Waals surface area (Å²) in [5, 5.41) is 1.69. The zero-order valence-corrected chi connectivity index (χ0v) is 19.2. The van der Waals surface area contributed by atoms with Crippen LogP contribution in [0.1, 0.15) is 0 Å². The van der Waals surface area contributed by atoms with Gasteiger partial charge in [-0.15, -0.1) is 0 Å². The van der Waals surface area contributed by atoms with Gasteiger partial charge in [-0.1, -0.05) is 18.2 Å². The highest BCUT2D eigenvalue weighted by Crippen LogP contribution is 2.37. The number of anilines is 1. The van der Waals surface area contributed by atoms with E-state index in [1.807, 2.05) is 24.3 Å². The monoisotopic (exact) mass is 488 g/mol. The topological polar surface area (TPSA) is 77.0 Å². The molecule has 9 heteroatoms. The lowest BCUT2D eigenvalue weighted by Crippen LogP contribution is -2.06. The van der Waals surface area contributed by atoms with Crippen LogP contribution in [0, 0.1) is 11.6 Å². The molecule has 0 amide bonds. The van der Waals surface area contributed by atoms with Crippen molar-refractivity contribution in [3.05, 3.63) is 97.1 Å². The van der Waals surface area contributed by atoms with Gasteiger partial charge in [0, 0.05) is 23.3 Å². The van der Waals surface area contributed by atoms with Crippen molar-refractivity contribution in [1.29, 1.82) is 0 Å². The molecule has 5 rings (SSSR count). The van der Waals surface area contributed by atoms with Gasteiger partial charge in [0.05, 0.1) is 17.7 Å². The molecule has 3 aromatic carbocycles. The minimum absolute atomic E-state index is 0.458. The molecule has 2 aromatic heterocycles. The molecular weight excluding hydrogens is 470 g/mol. The summed E-state index contributed by atoms with van der Waals surface area (Å²) in [4.78, 5) is 13.0. The van der Waals surface area contributed by atoms with Crippen molar-refractivity contribution in [2.75, 3.05) is 11.8 Å². The molecular formula is C26H18F2N4O2S. The first kappa shape index (κ1) is 22.5. The van der Waals surface area contributed by atoms with E-state index in [4.69, 9.17) is 4.74 Å². The molecule has 0 aliphatic rings. The van der Waals surface area contributed by atoms with E-state index in [-0.39, 0.29) is 0 Å². The third-order valence-electron chi connectivity index (χ3n) is 5.44. The zero-order valence-electron chi connectivity index (χ0n) is 18.4. The molecule has 0 saturated carbocycles. The van der Waals surface area contributed by atoms with Gasteiger partial charge in [-0.05, 0) is 65.0 Å². The Balaban J connectivity index is 1.51. The lowest BCUT2D eigenvalue weighted by atomic mass is 9.99. The van der Waals surface area contributed by atoms with Crippen molar-refractivity contribution < 1.29 is 17.7 Å². The first-order chi connectivity index (χ1) is 17.0. The van der Waals surface area contributed by atoms with Gasteiger partial charge in [0.2, 0.25) is 0 Å². The third kappa shape index (κ3) is 4.58. The number of ether oxygens (including phenoxy) is 1. The highest BCUT2D eigenvalue weighted by molar-refractivity contribution is 7.86. The Morgan fingerprint density at radius 2 is 1.69 bits per heavy atom. The van der Waals surface area contributed by atoms with Crippen molar-refractivity contribution in [2.45, 2.75) is 4.90 Å². The Labute approximate surface area is 202 Å². The molecule has 6 nitrogen and oxygen atoms in total. The Kier molecular flexibility index (Phi) is 6.15. The number of nitrogens with one attached hydrogen (secondary N) is 1. The molecule has 0 bridgehead atoms. The molecule has 5 aromatic rings. The number of nitrogens with zero attached hydrogens (tertiary/aromatic N) is 3. The lowest BCUT2D eigenvalue weighted by Gasteiger charge is -2.13. The molecule has 35 heavy (non-hydrogen) atoms. The van der Waals surface area contributed by atoms with Crippen molar-refractivity contribution in [2.24, 2.45) is 0 Å². The first-order valence-corrected chi connectivity index (χ1v) is 11.7. The number of rotatable bonds is 6. The summed E-state index contributed by atoms with van der Waals surface area (Å²) in [6.45, 7) is 0. The van der Waals surface area contributed by atoms with Gasteiger partial charge in [0.15, 0.2) is 22.6 Å². The zero-order chi connectivity index (χ0) is 24.4. The van der Waals surface area contributed by atoms with Gasteiger partial charge < -0.3 is 4.74 Å². The standard InChI is InChI=1S/C26H18F2N4O2S/c1-34-24-14-17(16-3-7-22(27)23(28)13-16)2-5-21(24)26-20-6-4-19(12-18(20)8-11-30-26)35(33)32-25-9-10-29-15-31-25/h2-15H,1H3,(H,29,31,32). The number of benzene rings is 3. The van der Waals surface area contributed by atoms with Gasteiger partial charge in [-0.2, -0.15) is 0 Å². The van der Waals surface area contributed by atoms with Crippen LogP contribution in [0.3, 0.4) is 0 Å². The number of aromatic nitrogens is 3. The van der Waals surface area contributed by atoms with Crippen LogP contribution in [0.2, 0.25) is 0 Å². The molecule has 174 valence electrons. The Morgan fingerprint density at radius 3 is 2.46 bits per heavy atom. The largest absolute Gasteiger partial charge is 0.496 e. The van der Waals surface area contributed by atoms with Crippen LogP contribution in [0.15, 0.2) is 90.3 Å². The maximum Gasteiger partial charge on any atom is 0.159 e. The normalized spacial score (nSPS) is 11.9. The molecule has 2 heterocycles. The first-order valence-electron chi connectivity index (χ1n) is 10.5. The number of hydrogen-bond donors (Lipinski definition) is 1. The summed E-state index contributed by atoms with van der Waals surface area (Å²) in [5.74, 6) is -0.821. The summed E-state index contributed by atoms with van der Waals surface area (Å²) >= 11 is 0. The van der Waals surface area contributed by atoms with Crippen LogP contribution < -0.4 is 9.46 Å². The Hall–Kier alpha value is -4.24. The maximum absolute atomic E-state index is 13.7. The smallest absolute Gasteiger partial charge is 0.159 e. The van der Waals surface area contributed by atoms with Gasteiger partial charge in [-0.3, -0.25) is 9.71 Å². The van der Waals surface area contributed by atoms with Crippen molar-refractivity contribution >= 4 is 27.6 Å². The molecule has 0 aliphatic carbocycles. The highest BCUT2D eigenvalue weighted by Gasteiger charge is 2.15. The molecule has 0 aliphatic heterocycles. The van der Waals surface area contributed by atoms with Crippen LogP contribution in [-0.2, 0) is 11.0 Å². The minimum Gasteiger partial charge on any atom is -0.496 e. The number of fused-ring (bicyclic) bond motifs is 1. The Morgan fingerprint density at radius 1 is 0.857 bits per heavy atom. The van der Waals surface area contributed by atoms with E-state index in [2.05, 4.69) is 19.7 Å². The fourth-order valence-electron chi connectivity index (χ4n) is 3.73. The van der Waals surface area contributed by atoms with Crippen molar-refractivity contribution in [1.82, 2.24) is 15.0 Å². The molecule has 0 radical (unpaired) electrons. The van der Waals surface area contributed by atoms with E-state index in [0.717, 1.165) is 28.5 Å². The number of pyridine rings is 1. The van der Waals surface area contributed by atoms with Gasteiger partial charge in [0.25, 0.3) is 0 Å². The molecule has 1 atom stereocenters. The number of methoxy groups -OCH3 is 1. The maximum atomic E-state index is 13.7. The second-order valence-electron chi connectivity index (χ2n) is 7.55. The summed E-state index contributed by atoms with van der Waals surface area (Å²) in [6, 6.07) is 18.1. The quantitative estimate of drug-likeness (QED) is 0.328. The van der Waals surface area contributed by atoms with Gasteiger partial charge in [0.1, 0.15) is 17.9 Å². The van der Waals surface area contributed by atoms with Crippen LogP contribution >= 0.6 is 0 Å². The van der Waals surface area contributed by atoms with Gasteiger partial charge >= 0.3 is 0 Å². The fraction of sp³-hybridized carbons (Fsp3) is 0.0385. The van der Waals surface area contributed by atoms with Crippen molar-refractivity contribution in [3.8, 4) is 28.1 Å². The predicted octanol–water partition coefficient (Wildman–Crippen LogP) is 5.78. The SMILES string of the molecule is COc1cc(-c2ccc(F)c(F)c2)ccc1-c1nccc2cc(S(=O)Nc3ccncn3)ccc12. The molecule has 0 fully saturated rings. The molecule has 1 N–H and O–H groups in total. The van der Waals surface area contributed by atoms with Crippen LogP contribution in [-0.4, -0.2) is 26.3 Å². The van der Waals surface area contributed by atoms with E-state index in [1.165, 1.54) is 12.4 Å². The molecule has 0 saturated heterocycles. The summed E-state index contributed by atoms with van der Waals surface area (Å²) in [6.07, 6.45) is 4.62. The summed E-state index contributed by atoms with van der Waals surface area (Å²) in [7, 11) is 0.0225. The van der Waals surface area contributed by atoms with E-state index >= 15 is 0 Å².